The maximum absolute atomic E-state index is 12.2. The lowest BCUT2D eigenvalue weighted by atomic mass is 10.00. The van der Waals surface area contributed by atoms with Gasteiger partial charge in [-0.3, -0.25) is 0 Å². The number of urea groups is 1. The quantitative estimate of drug-likeness (QED) is 0.888. The fraction of sp³-hybridized carbons (Fsp3) is 0.353. The lowest BCUT2D eigenvalue weighted by Crippen LogP contribution is -2.42. The second-order valence-corrected chi connectivity index (χ2v) is 5.04. The first-order chi connectivity index (χ1) is 10.2. The Balaban J connectivity index is 2.19. The van der Waals surface area contributed by atoms with E-state index in [1.807, 2.05) is 38.1 Å². The zero-order chi connectivity index (χ0) is 15.2. The molecule has 0 aliphatic carbocycles. The highest BCUT2D eigenvalue weighted by Gasteiger charge is 2.16. The molecule has 1 unspecified atom stereocenters. The summed E-state index contributed by atoms with van der Waals surface area (Å²) in [5.41, 5.74) is 1.10. The van der Waals surface area contributed by atoms with Crippen LogP contribution in [0.2, 0.25) is 0 Å². The van der Waals surface area contributed by atoms with Gasteiger partial charge in [-0.15, -0.1) is 0 Å². The summed E-state index contributed by atoms with van der Waals surface area (Å²) >= 11 is 0. The predicted molar refractivity (Wildman–Crippen MR) is 85.2 cm³/mol. The summed E-state index contributed by atoms with van der Waals surface area (Å²) in [5, 5.41) is 14.3. The molecule has 112 valence electrons. The third kappa shape index (κ3) is 3.52. The van der Waals surface area contributed by atoms with E-state index < -0.39 is 0 Å². The molecule has 0 saturated heterocycles. The Bertz CT molecular complexity index is 607. The van der Waals surface area contributed by atoms with Crippen molar-refractivity contribution < 1.29 is 9.90 Å². The standard InChI is InChI=1S/C17H22N2O2/c1-3-19(11-12-20)17(21)18-13(2)15-10-6-8-14-7-4-5-9-16(14)15/h4-10,13,20H,3,11-12H2,1-2H3,(H,18,21). The zero-order valence-corrected chi connectivity index (χ0v) is 12.5. The van der Waals surface area contributed by atoms with E-state index in [-0.39, 0.29) is 18.7 Å². The summed E-state index contributed by atoms with van der Waals surface area (Å²) in [4.78, 5) is 13.8. The minimum absolute atomic E-state index is 0.0239. The topological polar surface area (TPSA) is 52.6 Å². The normalized spacial score (nSPS) is 12.1. The molecule has 1 atom stereocenters. The van der Waals surface area contributed by atoms with Crippen LogP contribution in [0.1, 0.15) is 25.5 Å². The molecule has 2 N–H and O–H groups in total. The van der Waals surface area contributed by atoms with Crippen molar-refractivity contribution in [3.8, 4) is 0 Å². The molecule has 0 aromatic heterocycles. The van der Waals surface area contributed by atoms with Crippen LogP contribution in [0.3, 0.4) is 0 Å². The van der Waals surface area contributed by atoms with E-state index in [2.05, 4.69) is 23.5 Å². The molecular weight excluding hydrogens is 264 g/mol. The van der Waals surface area contributed by atoms with Crippen LogP contribution in [-0.4, -0.2) is 35.7 Å². The second kappa shape index (κ2) is 7.09. The average Bonchev–Trinajstić information content (AvgIpc) is 2.51. The van der Waals surface area contributed by atoms with E-state index in [0.29, 0.717) is 13.1 Å². The van der Waals surface area contributed by atoms with E-state index in [0.717, 1.165) is 10.9 Å². The van der Waals surface area contributed by atoms with Crippen molar-refractivity contribution in [3.63, 3.8) is 0 Å². The molecule has 0 bridgehead atoms. The number of likely N-dealkylation sites (N-methyl/N-ethyl adjacent to an activating group) is 1. The number of hydrogen-bond acceptors (Lipinski definition) is 2. The van der Waals surface area contributed by atoms with Crippen molar-refractivity contribution in [1.29, 1.82) is 0 Å². The molecule has 0 fully saturated rings. The van der Waals surface area contributed by atoms with Gasteiger partial charge in [0, 0.05) is 13.1 Å². The highest BCUT2D eigenvalue weighted by molar-refractivity contribution is 5.86. The largest absolute Gasteiger partial charge is 0.395 e. The van der Waals surface area contributed by atoms with Gasteiger partial charge in [0.25, 0.3) is 0 Å². The Hall–Kier alpha value is -2.07. The van der Waals surface area contributed by atoms with Crippen LogP contribution in [0.25, 0.3) is 10.8 Å². The number of nitrogens with zero attached hydrogens (tertiary/aromatic N) is 1. The summed E-state index contributed by atoms with van der Waals surface area (Å²) in [6.07, 6.45) is 0. The molecule has 0 aliphatic rings. The minimum Gasteiger partial charge on any atom is -0.395 e. The number of nitrogens with one attached hydrogen (secondary N) is 1. The van der Waals surface area contributed by atoms with Crippen LogP contribution in [0.4, 0.5) is 4.79 Å². The lowest BCUT2D eigenvalue weighted by Gasteiger charge is -2.24. The van der Waals surface area contributed by atoms with Crippen LogP contribution in [0.15, 0.2) is 42.5 Å². The number of hydrogen-bond donors (Lipinski definition) is 2. The first-order valence-corrected chi connectivity index (χ1v) is 7.31. The van der Waals surface area contributed by atoms with Gasteiger partial charge in [-0.25, -0.2) is 4.79 Å². The Morgan fingerprint density at radius 2 is 1.95 bits per heavy atom. The van der Waals surface area contributed by atoms with Crippen LogP contribution in [-0.2, 0) is 0 Å². The monoisotopic (exact) mass is 286 g/mol. The lowest BCUT2D eigenvalue weighted by molar-refractivity contribution is 0.178. The summed E-state index contributed by atoms with van der Waals surface area (Å²) in [5.74, 6) is 0. The Morgan fingerprint density at radius 3 is 2.67 bits per heavy atom. The maximum atomic E-state index is 12.2. The highest BCUT2D eigenvalue weighted by Crippen LogP contribution is 2.24. The molecule has 0 heterocycles. The van der Waals surface area contributed by atoms with Crippen molar-refractivity contribution in [3.05, 3.63) is 48.0 Å². The summed E-state index contributed by atoms with van der Waals surface area (Å²) in [6.45, 7) is 4.79. The van der Waals surface area contributed by atoms with Gasteiger partial charge in [0.15, 0.2) is 0 Å². The molecule has 4 heteroatoms. The molecule has 2 rings (SSSR count). The fourth-order valence-corrected chi connectivity index (χ4v) is 2.51. The molecule has 0 saturated carbocycles. The van der Waals surface area contributed by atoms with Gasteiger partial charge in [-0.2, -0.15) is 0 Å². The van der Waals surface area contributed by atoms with Gasteiger partial charge in [0.1, 0.15) is 0 Å². The number of carbonyl (C=O) groups is 1. The summed E-state index contributed by atoms with van der Waals surface area (Å²) in [6, 6.07) is 14.0. The molecule has 2 amide bonds. The van der Waals surface area contributed by atoms with Gasteiger partial charge in [-0.05, 0) is 30.2 Å². The molecule has 21 heavy (non-hydrogen) atoms. The van der Waals surface area contributed by atoms with Gasteiger partial charge in [0.2, 0.25) is 0 Å². The van der Waals surface area contributed by atoms with E-state index in [9.17, 15) is 4.79 Å². The summed E-state index contributed by atoms with van der Waals surface area (Å²) in [7, 11) is 0. The number of aliphatic hydroxyl groups is 1. The number of amides is 2. The minimum atomic E-state index is -0.146. The summed E-state index contributed by atoms with van der Waals surface area (Å²) < 4.78 is 0. The van der Waals surface area contributed by atoms with Crippen molar-refractivity contribution in [2.24, 2.45) is 0 Å². The zero-order valence-electron chi connectivity index (χ0n) is 12.5. The first-order valence-electron chi connectivity index (χ1n) is 7.31. The van der Waals surface area contributed by atoms with E-state index >= 15 is 0 Å². The van der Waals surface area contributed by atoms with Crippen molar-refractivity contribution in [2.45, 2.75) is 19.9 Å². The molecule has 2 aromatic carbocycles. The number of rotatable bonds is 5. The van der Waals surface area contributed by atoms with Crippen molar-refractivity contribution in [2.75, 3.05) is 19.7 Å². The first kappa shape index (κ1) is 15.3. The van der Waals surface area contributed by atoms with E-state index in [1.165, 1.54) is 5.39 Å². The number of aliphatic hydroxyl groups excluding tert-OH is 1. The molecule has 0 radical (unpaired) electrons. The molecule has 4 nitrogen and oxygen atoms in total. The van der Waals surface area contributed by atoms with Gasteiger partial charge in [0.05, 0.1) is 12.6 Å². The highest BCUT2D eigenvalue weighted by atomic mass is 16.3. The average molecular weight is 286 g/mol. The molecular formula is C17H22N2O2. The van der Waals surface area contributed by atoms with Crippen molar-refractivity contribution in [1.82, 2.24) is 10.2 Å². The number of fused-ring (bicyclic) bond motifs is 1. The van der Waals surface area contributed by atoms with Crippen molar-refractivity contribution >= 4 is 16.8 Å². The van der Waals surface area contributed by atoms with Crippen LogP contribution < -0.4 is 5.32 Å². The molecule has 2 aromatic rings. The van der Waals surface area contributed by atoms with Crippen LogP contribution in [0.5, 0.6) is 0 Å². The third-order valence-electron chi connectivity index (χ3n) is 3.67. The Kier molecular flexibility index (Phi) is 5.17. The third-order valence-corrected chi connectivity index (χ3v) is 3.67. The van der Waals surface area contributed by atoms with Gasteiger partial charge in [-0.1, -0.05) is 42.5 Å². The maximum Gasteiger partial charge on any atom is 0.317 e. The Morgan fingerprint density at radius 1 is 1.24 bits per heavy atom. The smallest absolute Gasteiger partial charge is 0.317 e. The number of carbonyl (C=O) groups excluding carboxylic acids is 1. The van der Waals surface area contributed by atoms with Gasteiger partial charge >= 0.3 is 6.03 Å². The second-order valence-electron chi connectivity index (χ2n) is 5.04. The van der Waals surface area contributed by atoms with E-state index in [1.54, 1.807) is 4.90 Å². The predicted octanol–water partition coefficient (Wildman–Crippen LogP) is 2.92. The van der Waals surface area contributed by atoms with Crippen LogP contribution in [0, 0.1) is 0 Å². The fourth-order valence-electron chi connectivity index (χ4n) is 2.51. The van der Waals surface area contributed by atoms with E-state index in [4.69, 9.17) is 5.11 Å². The SMILES string of the molecule is CCN(CCO)C(=O)NC(C)c1cccc2ccccc12. The molecule has 0 spiro atoms. The Labute approximate surface area is 125 Å². The van der Waals surface area contributed by atoms with Gasteiger partial charge < -0.3 is 15.3 Å². The molecule has 0 aliphatic heterocycles. The van der Waals surface area contributed by atoms with Crippen LogP contribution >= 0.6 is 0 Å². The number of benzene rings is 2.